The Bertz CT molecular complexity index is 411. The van der Waals surface area contributed by atoms with Crippen LogP contribution >= 0.6 is 0 Å². The van der Waals surface area contributed by atoms with Gasteiger partial charge in [0, 0.05) is 19.0 Å². The molecule has 120 valence electrons. The molecule has 0 bridgehead atoms. The number of carbonyl (C=O) groups excluding carboxylic acids is 2. The van der Waals surface area contributed by atoms with E-state index in [1.807, 2.05) is 0 Å². The first-order valence-electron chi connectivity index (χ1n) is 6.91. The summed E-state index contributed by atoms with van der Waals surface area (Å²) < 4.78 is 4.81. The van der Waals surface area contributed by atoms with Crippen molar-refractivity contribution >= 4 is 18.0 Å². The molecule has 0 spiro atoms. The second kappa shape index (κ2) is 7.26. The molecule has 0 radical (unpaired) electrons. The Balaban J connectivity index is 2.85. The van der Waals surface area contributed by atoms with Crippen LogP contribution < -0.4 is 0 Å². The molecule has 0 aromatic rings. The number of β-amino-alcohol motifs (C(OH)–C–C–N with tert-alkyl or cyclic N) is 1. The molecule has 0 unspecified atom stereocenters. The van der Waals surface area contributed by atoms with Crippen LogP contribution in [0.1, 0.15) is 27.2 Å². The van der Waals surface area contributed by atoms with Crippen molar-refractivity contribution in [1.82, 2.24) is 9.80 Å². The number of carbonyl (C=O) groups is 3. The molecule has 1 fully saturated rings. The Labute approximate surface area is 123 Å². The third-order valence-corrected chi connectivity index (χ3v) is 3.28. The lowest BCUT2D eigenvalue weighted by molar-refractivity contribution is -0.144. The Morgan fingerprint density at radius 1 is 1.38 bits per heavy atom. The molecule has 2 atom stereocenters. The average molecular weight is 302 g/mol. The van der Waals surface area contributed by atoms with Crippen molar-refractivity contribution < 1.29 is 29.3 Å². The standard InChI is InChI=1S/C13H22N2O6/c1-4-21-11(17)7-14(8(2)3)13(20)15-6-9(16)5-10(15)12(18)19/h8-10,16H,4-7H2,1-3H3,(H,18,19)/t9-,10+/m1/s1. The van der Waals surface area contributed by atoms with Crippen LogP contribution in [-0.4, -0.2) is 75.9 Å². The molecule has 0 aromatic heterocycles. The molecule has 21 heavy (non-hydrogen) atoms. The molecule has 1 saturated heterocycles. The van der Waals surface area contributed by atoms with Gasteiger partial charge in [0.05, 0.1) is 12.7 Å². The maximum atomic E-state index is 12.5. The van der Waals surface area contributed by atoms with Gasteiger partial charge < -0.3 is 24.7 Å². The van der Waals surface area contributed by atoms with E-state index in [0.717, 1.165) is 4.90 Å². The van der Waals surface area contributed by atoms with Crippen molar-refractivity contribution in [3.63, 3.8) is 0 Å². The number of aliphatic carboxylic acids is 1. The SMILES string of the molecule is CCOC(=O)CN(C(=O)N1C[C@H](O)C[C@H]1C(=O)O)C(C)C. The highest BCUT2D eigenvalue weighted by molar-refractivity contribution is 5.86. The zero-order valence-electron chi connectivity index (χ0n) is 12.5. The fourth-order valence-electron chi connectivity index (χ4n) is 2.24. The van der Waals surface area contributed by atoms with Crippen molar-refractivity contribution in [3.05, 3.63) is 0 Å². The van der Waals surface area contributed by atoms with Gasteiger partial charge in [0.25, 0.3) is 0 Å². The Morgan fingerprint density at radius 3 is 2.48 bits per heavy atom. The summed E-state index contributed by atoms with van der Waals surface area (Å²) in [5.41, 5.74) is 0. The van der Waals surface area contributed by atoms with E-state index in [-0.39, 0.29) is 32.2 Å². The lowest BCUT2D eigenvalue weighted by Gasteiger charge is -2.32. The van der Waals surface area contributed by atoms with E-state index in [0.29, 0.717) is 0 Å². The minimum absolute atomic E-state index is 0.00752. The summed E-state index contributed by atoms with van der Waals surface area (Å²) in [6.07, 6.45) is -0.876. The van der Waals surface area contributed by atoms with Crippen LogP contribution in [0.3, 0.4) is 0 Å². The predicted molar refractivity (Wildman–Crippen MR) is 72.6 cm³/mol. The number of ether oxygens (including phenoxy) is 1. The van der Waals surface area contributed by atoms with Crippen LogP contribution in [0.4, 0.5) is 4.79 Å². The summed E-state index contributed by atoms with van der Waals surface area (Å²) >= 11 is 0. The monoisotopic (exact) mass is 302 g/mol. The van der Waals surface area contributed by atoms with Gasteiger partial charge in [0.2, 0.25) is 0 Å². The average Bonchev–Trinajstić information content (AvgIpc) is 2.77. The Morgan fingerprint density at radius 2 is 2.00 bits per heavy atom. The molecule has 8 nitrogen and oxygen atoms in total. The first-order valence-corrected chi connectivity index (χ1v) is 6.91. The highest BCUT2D eigenvalue weighted by Gasteiger charge is 2.41. The normalized spacial score (nSPS) is 21.5. The highest BCUT2D eigenvalue weighted by Crippen LogP contribution is 2.21. The second-order valence-corrected chi connectivity index (χ2v) is 5.21. The highest BCUT2D eigenvalue weighted by atomic mass is 16.5. The molecule has 0 saturated carbocycles. The summed E-state index contributed by atoms with van der Waals surface area (Å²) in [7, 11) is 0. The van der Waals surface area contributed by atoms with Crippen molar-refractivity contribution in [2.24, 2.45) is 0 Å². The van der Waals surface area contributed by atoms with Gasteiger partial charge in [-0.05, 0) is 20.8 Å². The van der Waals surface area contributed by atoms with E-state index in [2.05, 4.69) is 0 Å². The van der Waals surface area contributed by atoms with E-state index in [9.17, 15) is 19.5 Å². The number of urea groups is 1. The summed E-state index contributed by atoms with van der Waals surface area (Å²) in [6.45, 7) is 5.01. The number of aliphatic hydroxyl groups is 1. The van der Waals surface area contributed by atoms with Gasteiger partial charge >= 0.3 is 18.0 Å². The molecule has 2 N–H and O–H groups in total. The number of rotatable bonds is 5. The van der Waals surface area contributed by atoms with Gasteiger partial charge in [-0.15, -0.1) is 0 Å². The van der Waals surface area contributed by atoms with Crippen molar-refractivity contribution in [2.75, 3.05) is 19.7 Å². The number of esters is 1. The maximum Gasteiger partial charge on any atom is 0.326 e. The Hall–Kier alpha value is -1.83. The van der Waals surface area contributed by atoms with Gasteiger partial charge in [0.1, 0.15) is 12.6 Å². The fraction of sp³-hybridized carbons (Fsp3) is 0.769. The number of carboxylic acids is 1. The van der Waals surface area contributed by atoms with Crippen LogP contribution in [0.2, 0.25) is 0 Å². The zero-order chi connectivity index (χ0) is 16.2. The molecule has 1 rings (SSSR count). The molecule has 2 amide bonds. The van der Waals surface area contributed by atoms with Crippen LogP contribution in [0.15, 0.2) is 0 Å². The lowest BCUT2D eigenvalue weighted by Crippen LogP contribution is -2.52. The smallest absolute Gasteiger partial charge is 0.326 e. The number of hydrogen-bond acceptors (Lipinski definition) is 5. The largest absolute Gasteiger partial charge is 0.480 e. The molecular formula is C13H22N2O6. The maximum absolute atomic E-state index is 12.5. The summed E-state index contributed by atoms with van der Waals surface area (Å²) in [5, 5.41) is 18.7. The van der Waals surface area contributed by atoms with E-state index < -0.39 is 30.1 Å². The number of likely N-dealkylation sites (tertiary alicyclic amines) is 1. The van der Waals surface area contributed by atoms with Crippen LogP contribution in [0.25, 0.3) is 0 Å². The van der Waals surface area contributed by atoms with Crippen LogP contribution in [0.5, 0.6) is 0 Å². The lowest BCUT2D eigenvalue weighted by atomic mass is 10.2. The van der Waals surface area contributed by atoms with E-state index in [1.54, 1.807) is 20.8 Å². The van der Waals surface area contributed by atoms with Crippen molar-refractivity contribution in [1.29, 1.82) is 0 Å². The quantitative estimate of drug-likeness (QED) is 0.687. The molecule has 1 aliphatic heterocycles. The first-order chi connectivity index (χ1) is 9.77. The Kier molecular flexibility index (Phi) is 5.95. The number of amides is 2. The molecule has 8 heteroatoms. The van der Waals surface area contributed by atoms with Gasteiger partial charge in [-0.3, -0.25) is 4.79 Å². The number of aliphatic hydroxyl groups excluding tert-OH is 1. The number of carboxylic acid groups (broad SMARTS) is 1. The minimum atomic E-state index is -1.17. The summed E-state index contributed by atoms with van der Waals surface area (Å²) in [5.74, 6) is -1.72. The van der Waals surface area contributed by atoms with Crippen LogP contribution in [-0.2, 0) is 14.3 Å². The number of hydrogen-bond donors (Lipinski definition) is 2. The van der Waals surface area contributed by atoms with Crippen molar-refractivity contribution in [3.8, 4) is 0 Å². The number of nitrogens with zero attached hydrogens (tertiary/aromatic N) is 2. The van der Waals surface area contributed by atoms with Crippen molar-refractivity contribution in [2.45, 2.75) is 45.4 Å². The predicted octanol–water partition coefficient (Wildman–Crippen LogP) is -0.100. The van der Waals surface area contributed by atoms with Gasteiger partial charge in [0.15, 0.2) is 0 Å². The molecular weight excluding hydrogens is 280 g/mol. The minimum Gasteiger partial charge on any atom is -0.480 e. The molecule has 0 aliphatic carbocycles. The van der Waals surface area contributed by atoms with Gasteiger partial charge in [-0.2, -0.15) is 0 Å². The summed E-state index contributed by atoms with van der Waals surface area (Å²) in [6, 6.07) is -1.95. The molecule has 1 heterocycles. The third-order valence-electron chi connectivity index (χ3n) is 3.28. The van der Waals surface area contributed by atoms with E-state index in [1.165, 1.54) is 4.90 Å². The topological polar surface area (TPSA) is 107 Å². The third kappa shape index (κ3) is 4.32. The first kappa shape index (κ1) is 17.2. The molecule has 1 aliphatic rings. The fourth-order valence-corrected chi connectivity index (χ4v) is 2.24. The van der Waals surface area contributed by atoms with Crippen LogP contribution in [0, 0.1) is 0 Å². The van der Waals surface area contributed by atoms with Gasteiger partial charge in [-0.1, -0.05) is 0 Å². The van der Waals surface area contributed by atoms with E-state index >= 15 is 0 Å². The molecule has 0 aromatic carbocycles. The van der Waals surface area contributed by atoms with Gasteiger partial charge in [-0.25, -0.2) is 9.59 Å². The second-order valence-electron chi connectivity index (χ2n) is 5.21. The zero-order valence-corrected chi connectivity index (χ0v) is 12.5. The van der Waals surface area contributed by atoms with E-state index in [4.69, 9.17) is 9.84 Å². The summed E-state index contributed by atoms with van der Waals surface area (Å²) in [4.78, 5) is 37.5.